The molecule has 0 aliphatic rings. The average molecular weight is 370 g/mol. The fourth-order valence-electron chi connectivity index (χ4n) is 1.70. The van der Waals surface area contributed by atoms with Crippen LogP contribution in [0.25, 0.3) is 0 Å². The summed E-state index contributed by atoms with van der Waals surface area (Å²) in [4.78, 5) is 34.8. The number of hydrogen-bond acceptors (Lipinski definition) is 7. The van der Waals surface area contributed by atoms with Gasteiger partial charge in [0.25, 0.3) is 0 Å². The van der Waals surface area contributed by atoms with Crippen molar-refractivity contribution in [1.29, 1.82) is 0 Å². The Bertz CT molecular complexity index is 656. The lowest BCUT2D eigenvalue weighted by atomic mass is 9.98. The smallest absolute Gasteiger partial charge is 0.408 e. The summed E-state index contributed by atoms with van der Waals surface area (Å²) >= 11 is 0. The van der Waals surface area contributed by atoms with E-state index in [-0.39, 0.29) is 13.2 Å². The molecule has 1 rings (SSSR count). The number of hydrogen-bond donors (Lipinski definition) is 2. The van der Waals surface area contributed by atoms with Crippen LogP contribution in [-0.2, 0) is 32.2 Å². The molecule has 1 amide bonds. The summed E-state index contributed by atoms with van der Waals surface area (Å²) in [5.74, 6) is -1.63. The zero-order chi connectivity index (χ0) is 20.1. The van der Waals surface area contributed by atoms with Crippen LogP contribution in [0.5, 0.6) is 0 Å². The maximum Gasteiger partial charge on any atom is 0.408 e. The van der Waals surface area contributed by atoms with Crippen molar-refractivity contribution >= 4 is 18.0 Å². The maximum atomic E-state index is 11.7. The van der Waals surface area contributed by atoms with Gasteiger partial charge in [-0.3, -0.25) is 4.79 Å². The fraction of sp³-hybridized carbons (Fsp3) is 0.688. The number of amides is 1. The topological polar surface area (TPSA) is 133 Å². The SMILES string of the molecule is CC(C)(C)OC(=O)NC(Cc1cn(COC(=O)C(C)(C)C)nn1)C(=O)O. The molecule has 10 nitrogen and oxygen atoms in total. The average Bonchev–Trinajstić information content (AvgIpc) is 2.88. The minimum Gasteiger partial charge on any atom is -0.480 e. The van der Waals surface area contributed by atoms with Gasteiger partial charge >= 0.3 is 18.0 Å². The Balaban J connectivity index is 2.65. The van der Waals surface area contributed by atoms with E-state index in [0.29, 0.717) is 5.69 Å². The van der Waals surface area contributed by atoms with Gasteiger partial charge < -0.3 is 19.9 Å². The van der Waals surface area contributed by atoms with Crippen molar-refractivity contribution in [3.8, 4) is 0 Å². The van der Waals surface area contributed by atoms with E-state index in [1.807, 2.05) is 0 Å². The first kappa shape index (κ1) is 21.4. The number of aliphatic carboxylic acids is 1. The molecule has 0 aliphatic heterocycles. The van der Waals surface area contributed by atoms with E-state index in [2.05, 4.69) is 15.6 Å². The lowest BCUT2D eigenvalue weighted by Crippen LogP contribution is -2.44. The van der Waals surface area contributed by atoms with E-state index in [9.17, 15) is 19.5 Å². The van der Waals surface area contributed by atoms with Crippen LogP contribution in [0.15, 0.2) is 6.20 Å². The Morgan fingerprint density at radius 1 is 1.23 bits per heavy atom. The molecule has 0 saturated heterocycles. The van der Waals surface area contributed by atoms with Crippen LogP contribution in [-0.4, -0.2) is 49.8 Å². The Morgan fingerprint density at radius 2 is 1.85 bits per heavy atom. The van der Waals surface area contributed by atoms with Crippen LogP contribution >= 0.6 is 0 Å². The number of nitrogens with zero attached hydrogens (tertiary/aromatic N) is 3. The minimum atomic E-state index is -1.23. The summed E-state index contributed by atoms with van der Waals surface area (Å²) in [5.41, 5.74) is -1.07. The quantitative estimate of drug-likeness (QED) is 0.717. The second-order valence-corrected chi connectivity index (χ2v) is 7.80. The third-order valence-electron chi connectivity index (χ3n) is 2.93. The van der Waals surface area contributed by atoms with Gasteiger partial charge in [-0.15, -0.1) is 5.10 Å². The highest BCUT2D eigenvalue weighted by atomic mass is 16.6. The van der Waals surface area contributed by atoms with Crippen molar-refractivity contribution < 1.29 is 29.0 Å². The molecule has 146 valence electrons. The number of nitrogens with one attached hydrogen (secondary N) is 1. The molecule has 1 heterocycles. The molecule has 1 aromatic rings. The van der Waals surface area contributed by atoms with E-state index in [0.717, 1.165) is 0 Å². The predicted octanol–water partition coefficient (Wildman–Crippen LogP) is 1.35. The summed E-state index contributed by atoms with van der Waals surface area (Å²) in [6, 6.07) is -1.23. The van der Waals surface area contributed by atoms with Gasteiger partial charge in [0.15, 0.2) is 6.73 Å². The first-order valence-corrected chi connectivity index (χ1v) is 8.06. The number of rotatable bonds is 6. The molecule has 1 aromatic heterocycles. The number of carbonyl (C=O) groups excluding carboxylic acids is 2. The molecule has 0 fully saturated rings. The predicted molar refractivity (Wildman–Crippen MR) is 90.1 cm³/mol. The standard InChI is InChI=1S/C16H26N4O6/c1-15(2,3)13(23)25-9-20-8-10(18-19-20)7-11(12(21)22)17-14(24)26-16(4,5)6/h8,11H,7,9H2,1-6H3,(H,17,24)(H,21,22). The zero-order valence-corrected chi connectivity index (χ0v) is 15.9. The Morgan fingerprint density at radius 3 is 2.35 bits per heavy atom. The first-order chi connectivity index (χ1) is 11.8. The Labute approximate surface area is 151 Å². The molecule has 1 atom stereocenters. The highest BCUT2D eigenvalue weighted by molar-refractivity contribution is 5.80. The first-order valence-electron chi connectivity index (χ1n) is 8.06. The molecule has 0 aliphatic carbocycles. The lowest BCUT2D eigenvalue weighted by Gasteiger charge is -2.21. The monoisotopic (exact) mass is 370 g/mol. The van der Waals surface area contributed by atoms with Crippen LogP contribution in [0.1, 0.15) is 47.2 Å². The molecule has 1 unspecified atom stereocenters. The largest absolute Gasteiger partial charge is 0.480 e. The van der Waals surface area contributed by atoms with Gasteiger partial charge in [-0.05, 0) is 41.5 Å². The van der Waals surface area contributed by atoms with Crippen LogP contribution < -0.4 is 5.32 Å². The third kappa shape index (κ3) is 7.49. The van der Waals surface area contributed by atoms with Crippen molar-refractivity contribution in [3.05, 3.63) is 11.9 Å². The maximum absolute atomic E-state index is 11.7. The van der Waals surface area contributed by atoms with Crippen molar-refractivity contribution in [3.63, 3.8) is 0 Å². The van der Waals surface area contributed by atoms with Crippen molar-refractivity contribution in [1.82, 2.24) is 20.3 Å². The normalized spacial score (nSPS) is 13.0. The van der Waals surface area contributed by atoms with Gasteiger partial charge in [-0.2, -0.15) is 0 Å². The number of carboxylic acid groups (broad SMARTS) is 1. The second-order valence-electron chi connectivity index (χ2n) is 7.80. The lowest BCUT2D eigenvalue weighted by molar-refractivity contribution is -0.157. The van der Waals surface area contributed by atoms with E-state index < -0.39 is 35.1 Å². The van der Waals surface area contributed by atoms with E-state index in [1.165, 1.54) is 10.9 Å². The molecular weight excluding hydrogens is 344 g/mol. The summed E-state index contributed by atoms with van der Waals surface area (Å²) < 4.78 is 11.4. The second kappa shape index (κ2) is 8.15. The van der Waals surface area contributed by atoms with Gasteiger partial charge in [0, 0.05) is 6.42 Å². The summed E-state index contributed by atoms with van der Waals surface area (Å²) in [5, 5.41) is 19.1. The molecule has 26 heavy (non-hydrogen) atoms. The van der Waals surface area contributed by atoms with Crippen LogP contribution in [0.2, 0.25) is 0 Å². The highest BCUT2D eigenvalue weighted by Gasteiger charge is 2.26. The highest BCUT2D eigenvalue weighted by Crippen LogP contribution is 2.15. The number of esters is 1. The molecule has 0 bridgehead atoms. The van der Waals surface area contributed by atoms with Gasteiger partial charge in [0.05, 0.1) is 17.3 Å². The van der Waals surface area contributed by atoms with Crippen LogP contribution in [0, 0.1) is 5.41 Å². The van der Waals surface area contributed by atoms with E-state index in [4.69, 9.17) is 9.47 Å². The van der Waals surface area contributed by atoms with Crippen molar-refractivity contribution in [2.75, 3.05) is 0 Å². The molecule has 0 spiro atoms. The molecular formula is C16H26N4O6. The number of aromatic nitrogens is 3. The third-order valence-corrected chi connectivity index (χ3v) is 2.93. The van der Waals surface area contributed by atoms with Gasteiger partial charge in [0.2, 0.25) is 0 Å². The van der Waals surface area contributed by atoms with Crippen molar-refractivity contribution in [2.24, 2.45) is 5.41 Å². The summed E-state index contributed by atoms with van der Waals surface area (Å²) in [6.45, 7) is 10.1. The van der Waals surface area contributed by atoms with Crippen molar-refractivity contribution in [2.45, 2.75) is 66.3 Å². The van der Waals surface area contributed by atoms with Gasteiger partial charge in [-0.25, -0.2) is 14.3 Å². The number of ether oxygens (including phenoxy) is 2. The van der Waals surface area contributed by atoms with Crippen LogP contribution in [0.3, 0.4) is 0 Å². The minimum absolute atomic E-state index is 0.0954. The van der Waals surface area contributed by atoms with Crippen LogP contribution in [0.4, 0.5) is 4.79 Å². The number of alkyl carbamates (subject to hydrolysis) is 1. The Kier molecular flexibility index (Phi) is 6.71. The molecule has 10 heteroatoms. The van der Waals surface area contributed by atoms with Gasteiger partial charge in [0.1, 0.15) is 11.6 Å². The summed E-state index contributed by atoms with van der Waals surface area (Å²) in [6.07, 6.45) is 0.515. The zero-order valence-electron chi connectivity index (χ0n) is 15.9. The molecule has 0 aromatic carbocycles. The number of carboxylic acids is 1. The molecule has 0 radical (unpaired) electrons. The number of carbonyl (C=O) groups is 3. The molecule has 0 saturated carbocycles. The van der Waals surface area contributed by atoms with E-state index in [1.54, 1.807) is 41.5 Å². The molecule has 2 N–H and O–H groups in total. The summed E-state index contributed by atoms with van der Waals surface area (Å²) in [7, 11) is 0. The fourth-order valence-corrected chi connectivity index (χ4v) is 1.70. The van der Waals surface area contributed by atoms with E-state index >= 15 is 0 Å². The van der Waals surface area contributed by atoms with Gasteiger partial charge in [-0.1, -0.05) is 5.21 Å². The Hall–Kier alpha value is -2.65.